The van der Waals surface area contributed by atoms with E-state index in [0.717, 1.165) is 51.2 Å². The molecule has 0 bridgehead atoms. The molecule has 1 aliphatic rings. The fourth-order valence-corrected chi connectivity index (χ4v) is 2.00. The molecule has 0 spiro atoms. The Kier molecular flexibility index (Phi) is 8.55. The van der Waals surface area contributed by atoms with Crippen LogP contribution in [-0.4, -0.2) is 49.5 Å². The summed E-state index contributed by atoms with van der Waals surface area (Å²) in [4.78, 5) is 18.3. The van der Waals surface area contributed by atoms with Gasteiger partial charge in [0.1, 0.15) is 0 Å². The summed E-state index contributed by atoms with van der Waals surface area (Å²) in [5.41, 5.74) is 0. The lowest BCUT2D eigenvalue weighted by molar-refractivity contribution is -0.121. The second kappa shape index (κ2) is 10.2. The zero-order valence-corrected chi connectivity index (χ0v) is 13.5. The lowest BCUT2D eigenvalue weighted by Gasteiger charge is -2.21. The number of guanidine groups is 1. The molecule has 5 nitrogen and oxygen atoms in total. The highest BCUT2D eigenvalue weighted by molar-refractivity contribution is 5.79. The first-order valence-corrected chi connectivity index (χ1v) is 8.07. The summed E-state index contributed by atoms with van der Waals surface area (Å²) in [6, 6.07) is 0.453. The molecule has 0 heterocycles. The number of carbonyl (C=O) groups excluding carboxylic acids is 1. The predicted molar refractivity (Wildman–Crippen MR) is 88.4 cm³/mol. The first-order chi connectivity index (χ1) is 10.2. The molecule has 0 radical (unpaired) electrons. The molecular formula is C16H30N4O. The van der Waals surface area contributed by atoms with Crippen LogP contribution in [0.3, 0.4) is 0 Å². The van der Waals surface area contributed by atoms with E-state index < -0.39 is 0 Å². The molecule has 1 rings (SSSR count). The molecular weight excluding hydrogens is 264 g/mol. The lowest BCUT2D eigenvalue weighted by Crippen LogP contribution is -2.39. The van der Waals surface area contributed by atoms with E-state index >= 15 is 0 Å². The molecule has 0 aromatic carbocycles. The van der Waals surface area contributed by atoms with Gasteiger partial charge in [-0.2, -0.15) is 0 Å². The molecule has 5 heteroatoms. The highest BCUT2D eigenvalue weighted by atomic mass is 16.1. The van der Waals surface area contributed by atoms with Crippen molar-refractivity contribution >= 4 is 11.9 Å². The normalized spacial score (nSPS) is 14.7. The van der Waals surface area contributed by atoms with Crippen molar-refractivity contribution in [1.29, 1.82) is 0 Å². The first kappa shape index (κ1) is 17.5. The average molecular weight is 294 g/mol. The zero-order chi connectivity index (χ0) is 15.5. The number of allylic oxidation sites excluding steroid dienone is 1. The summed E-state index contributed by atoms with van der Waals surface area (Å²) < 4.78 is 0. The number of rotatable bonds is 10. The van der Waals surface area contributed by atoms with Gasteiger partial charge < -0.3 is 15.5 Å². The Morgan fingerprint density at radius 3 is 2.81 bits per heavy atom. The van der Waals surface area contributed by atoms with E-state index in [1.54, 1.807) is 0 Å². The van der Waals surface area contributed by atoms with Gasteiger partial charge in [0, 0.05) is 39.1 Å². The van der Waals surface area contributed by atoms with Gasteiger partial charge in [-0.15, -0.1) is 6.58 Å². The molecule has 1 fully saturated rings. The second-order valence-electron chi connectivity index (χ2n) is 5.53. The van der Waals surface area contributed by atoms with Gasteiger partial charge in [0.05, 0.1) is 0 Å². The van der Waals surface area contributed by atoms with Gasteiger partial charge in [0.2, 0.25) is 5.91 Å². The Morgan fingerprint density at radius 2 is 2.19 bits per heavy atom. The Labute approximate surface area is 128 Å². The van der Waals surface area contributed by atoms with Gasteiger partial charge in [-0.05, 0) is 39.0 Å². The van der Waals surface area contributed by atoms with Crippen LogP contribution in [-0.2, 0) is 4.79 Å². The van der Waals surface area contributed by atoms with Crippen LogP contribution < -0.4 is 10.6 Å². The molecule has 120 valence electrons. The molecule has 0 saturated heterocycles. The largest absolute Gasteiger partial charge is 0.357 e. The van der Waals surface area contributed by atoms with Gasteiger partial charge in [0.15, 0.2) is 5.96 Å². The number of amides is 1. The molecule has 1 amide bonds. The number of nitrogens with zero attached hydrogens (tertiary/aromatic N) is 2. The molecule has 1 aliphatic carbocycles. The number of nitrogens with one attached hydrogen (secondary N) is 2. The third-order valence-corrected chi connectivity index (χ3v) is 3.36. The van der Waals surface area contributed by atoms with E-state index in [2.05, 4.69) is 34.0 Å². The summed E-state index contributed by atoms with van der Waals surface area (Å²) in [5.74, 6) is 1.08. The van der Waals surface area contributed by atoms with Gasteiger partial charge in [-0.3, -0.25) is 9.79 Å². The van der Waals surface area contributed by atoms with Gasteiger partial charge in [-0.25, -0.2) is 0 Å². The first-order valence-electron chi connectivity index (χ1n) is 8.07. The van der Waals surface area contributed by atoms with Crippen molar-refractivity contribution in [2.75, 3.05) is 26.7 Å². The lowest BCUT2D eigenvalue weighted by atomic mass is 10.3. The highest BCUT2D eigenvalue weighted by Gasteiger charge is 2.22. The third-order valence-electron chi connectivity index (χ3n) is 3.36. The SMILES string of the molecule is C=CCCCN(C)C(=NCCCC(=O)NC1CC1)NCC. The van der Waals surface area contributed by atoms with Crippen LogP contribution in [0.5, 0.6) is 0 Å². The molecule has 0 aromatic rings. The van der Waals surface area contributed by atoms with Gasteiger partial charge in [0.25, 0.3) is 0 Å². The van der Waals surface area contributed by atoms with E-state index in [-0.39, 0.29) is 5.91 Å². The van der Waals surface area contributed by atoms with Crippen molar-refractivity contribution in [2.24, 2.45) is 4.99 Å². The van der Waals surface area contributed by atoms with Crippen LogP contribution >= 0.6 is 0 Å². The molecule has 21 heavy (non-hydrogen) atoms. The van der Waals surface area contributed by atoms with E-state index in [1.807, 2.05) is 13.1 Å². The van der Waals surface area contributed by atoms with Crippen LogP contribution in [0.4, 0.5) is 0 Å². The number of hydrogen-bond acceptors (Lipinski definition) is 2. The average Bonchev–Trinajstić information content (AvgIpc) is 3.26. The van der Waals surface area contributed by atoms with E-state index in [4.69, 9.17) is 0 Å². The standard InChI is InChI=1S/C16H30N4O/c1-4-6-7-13-20(3)16(17-5-2)18-12-8-9-15(21)19-14-10-11-14/h4,14H,1,5-13H2,2-3H3,(H,17,18)(H,19,21). The van der Waals surface area contributed by atoms with Crippen LogP contribution in [0.2, 0.25) is 0 Å². The molecule has 2 N–H and O–H groups in total. The summed E-state index contributed by atoms with van der Waals surface area (Å²) in [6.45, 7) is 8.30. The Hall–Kier alpha value is -1.52. The maximum absolute atomic E-state index is 11.6. The van der Waals surface area contributed by atoms with Gasteiger partial charge in [-0.1, -0.05) is 6.08 Å². The molecule has 0 atom stereocenters. The van der Waals surface area contributed by atoms with Crippen LogP contribution in [0.25, 0.3) is 0 Å². The molecule has 0 unspecified atom stereocenters. The number of unbranched alkanes of at least 4 members (excludes halogenated alkanes) is 1. The number of hydrogen-bond donors (Lipinski definition) is 2. The second-order valence-corrected chi connectivity index (χ2v) is 5.53. The summed E-state index contributed by atoms with van der Waals surface area (Å²) in [6.07, 6.45) is 7.69. The third kappa shape index (κ3) is 8.38. The van der Waals surface area contributed by atoms with Crippen LogP contribution in [0.1, 0.15) is 45.4 Å². The Morgan fingerprint density at radius 1 is 1.43 bits per heavy atom. The highest BCUT2D eigenvalue weighted by Crippen LogP contribution is 2.18. The number of carbonyl (C=O) groups is 1. The van der Waals surface area contributed by atoms with E-state index in [1.165, 1.54) is 0 Å². The smallest absolute Gasteiger partial charge is 0.220 e. The van der Waals surface area contributed by atoms with Crippen molar-refractivity contribution < 1.29 is 4.79 Å². The van der Waals surface area contributed by atoms with Crippen molar-refractivity contribution in [3.63, 3.8) is 0 Å². The summed E-state index contributed by atoms with van der Waals surface area (Å²) >= 11 is 0. The van der Waals surface area contributed by atoms with Crippen molar-refractivity contribution in [3.8, 4) is 0 Å². The molecule has 0 aliphatic heterocycles. The van der Waals surface area contributed by atoms with Crippen molar-refractivity contribution in [2.45, 2.75) is 51.5 Å². The van der Waals surface area contributed by atoms with E-state index in [0.29, 0.717) is 19.0 Å². The minimum atomic E-state index is 0.164. The minimum Gasteiger partial charge on any atom is -0.357 e. The van der Waals surface area contributed by atoms with Gasteiger partial charge >= 0.3 is 0 Å². The Bertz CT molecular complexity index is 350. The maximum atomic E-state index is 11.6. The minimum absolute atomic E-state index is 0.164. The quantitative estimate of drug-likeness (QED) is 0.280. The topological polar surface area (TPSA) is 56.7 Å². The Balaban J connectivity index is 2.25. The fraction of sp³-hybridized carbons (Fsp3) is 0.750. The van der Waals surface area contributed by atoms with Crippen LogP contribution in [0, 0.1) is 0 Å². The summed E-state index contributed by atoms with van der Waals surface area (Å²) in [7, 11) is 2.05. The number of aliphatic imine (C=N–C) groups is 1. The fourth-order valence-electron chi connectivity index (χ4n) is 2.00. The van der Waals surface area contributed by atoms with Crippen molar-refractivity contribution in [3.05, 3.63) is 12.7 Å². The van der Waals surface area contributed by atoms with E-state index in [9.17, 15) is 4.79 Å². The van der Waals surface area contributed by atoms with Crippen molar-refractivity contribution in [1.82, 2.24) is 15.5 Å². The molecule has 1 saturated carbocycles. The van der Waals surface area contributed by atoms with Crippen LogP contribution in [0.15, 0.2) is 17.6 Å². The maximum Gasteiger partial charge on any atom is 0.220 e. The monoisotopic (exact) mass is 294 g/mol. The predicted octanol–water partition coefficient (Wildman–Crippen LogP) is 1.91. The summed E-state index contributed by atoms with van der Waals surface area (Å²) in [5, 5.41) is 6.29. The zero-order valence-electron chi connectivity index (χ0n) is 13.5. The molecule has 0 aromatic heterocycles.